The highest BCUT2D eigenvalue weighted by molar-refractivity contribution is 6.09. The van der Waals surface area contributed by atoms with Gasteiger partial charge in [-0.1, -0.05) is 30.3 Å². The van der Waals surface area contributed by atoms with Crippen molar-refractivity contribution < 1.29 is 42.9 Å². The van der Waals surface area contributed by atoms with Crippen molar-refractivity contribution in [2.24, 2.45) is 11.8 Å². The molecule has 0 aliphatic carbocycles. The zero-order valence-electron chi connectivity index (χ0n) is 15.3. The Morgan fingerprint density at radius 3 is 1.78 bits per heavy atom. The quantitative estimate of drug-likeness (QED) is 0.407. The minimum Gasteiger partial charge on any atom is -0.469 e. The minimum absolute atomic E-state index is 0.455. The van der Waals surface area contributed by atoms with E-state index < -0.39 is 47.4 Å². The molecule has 9 heteroatoms. The van der Waals surface area contributed by atoms with Crippen molar-refractivity contribution in [1.82, 2.24) is 0 Å². The van der Waals surface area contributed by atoms with Crippen LogP contribution in [0.25, 0.3) is 0 Å². The number of benzene rings is 1. The Morgan fingerprint density at radius 1 is 0.815 bits per heavy atom. The van der Waals surface area contributed by atoms with Crippen molar-refractivity contribution in [1.29, 1.82) is 0 Å². The van der Waals surface area contributed by atoms with Gasteiger partial charge >= 0.3 is 23.9 Å². The van der Waals surface area contributed by atoms with E-state index in [1.165, 1.54) is 0 Å². The van der Waals surface area contributed by atoms with Crippen molar-refractivity contribution >= 4 is 23.9 Å². The van der Waals surface area contributed by atoms with E-state index in [1.54, 1.807) is 30.3 Å². The zero-order valence-corrected chi connectivity index (χ0v) is 15.3. The molecule has 1 heterocycles. The molecular formula is C18H20O9. The van der Waals surface area contributed by atoms with Gasteiger partial charge in [-0.15, -0.1) is 0 Å². The van der Waals surface area contributed by atoms with E-state index in [4.69, 9.17) is 23.7 Å². The lowest BCUT2D eigenvalue weighted by atomic mass is 9.77. The molecular weight excluding hydrogens is 360 g/mol. The Hall–Kier alpha value is -2.94. The van der Waals surface area contributed by atoms with E-state index >= 15 is 0 Å². The van der Waals surface area contributed by atoms with Gasteiger partial charge in [0.25, 0.3) is 5.60 Å². The molecule has 0 bridgehead atoms. The Kier molecular flexibility index (Phi) is 6.17. The third kappa shape index (κ3) is 3.25. The third-order valence-electron chi connectivity index (χ3n) is 4.47. The molecule has 1 aliphatic heterocycles. The first kappa shape index (κ1) is 20.4. The zero-order chi connectivity index (χ0) is 20.2. The number of esters is 4. The Labute approximate surface area is 155 Å². The topological polar surface area (TPSA) is 114 Å². The normalized spacial score (nSPS) is 23.2. The number of carbonyl (C=O) groups is 4. The molecule has 146 valence electrons. The molecule has 1 saturated heterocycles. The van der Waals surface area contributed by atoms with Gasteiger partial charge in [0.2, 0.25) is 0 Å². The SMILES string of the molecule is COC(=O)[C@@H]1[C@H](c2ccccc2)OC(C(=O)OC)(C(=O)OC)[C@H]1C(=O)OC. The summed E-state index contributed by atoms with van der Waals surface area (Å²) in [6, 6.07) is 8.34. The van der Waals surface area contributed by atoms with E-state index in [-0.39, 0.29) is 0 Å². The molecule has 0 N–H and O–H groups in total. The number of ether oxygens (including phenoxy) is 5. The van der Waals surface area contributed by atoms with Gasteiger partial charge in [0.15, 0.2) is 0 Å². The van der Waals surface area contributed by atoms with Crippen LogP contribution in [0.1, 0.15) is 11.7 Å². The first-order valence-electron chi connectivity index (χ1n) is 7.94. The van der Waals surface area contributed by atoms with Gasteiger partial charge in [-0.25, -0.2) is 9.59 Å². The molecule has 0 radical (unpaired) electrons. The lowest BCUT2D eigenvalue weighted by molar-refractivity contribution is -0.194. The Morgan fingerprint density at radius 2 is 1.33 bits per heavy atom. The van der Waals surface area contributed by atoms with Crippen molar-refractivity contribution in [2.75, 3.05) is 28.4 Å². The highest BCUT2D eigenvalue weighted by atomic mass is 16.6. The molecule has 0 unspecified atom stereocenters. The molecule has 2 rings (SSSR count). The smallest absolute Gasteiger partial charge is 0.351 e. The van der Waals surface area contributed by atoms with Gasteiger partial charge in [0.1, 0.15) is 11.8 Å². The molecule has 3 atom stereocenters. The maximum Gasteiger partial charge on any atom is 0.351 e. The van der Waals surface area contributed by atoms with Crippen LogP contribution in [0.4, 0.5) is 0 Å². The molecule has 0 spiro atoms. The average molecular weight is 380 g/mol. The van der Waals surface area contributed by atoms with Crippen LogP contribution in [0.3, 0.4) is 0 Å². The van der Waals surface area contributed by atoms with Gasteiger partial charge in [-0.05, 0) is 5.56 Å². The fourth-order valence-electron chi connectivity index (χ4n) is 3.26. The summed E-state index contributed by atoms with van der Waals surface area (Å²) in [4.78, 5) is 50.3. The average Bonchev–Trinajstić information content (AvgIpc) is 3.09. The second-order valence-electron chi connectivity index (χ2n) is 5.72. The predicted molar refractivity (Wildman–Crippen MR) is 88.0 cm³/mol. The first-order chi connectivity index (χ1) is 12.9. The van der Waals surface area contributed by atoms with E-state index in [0.29, 0.717) is 5.56 Å². The molecule has 0 saturated carbocycles. The Balaban J connectivity index is 2.75. The molecule has 0 aromatic heterocycles. The van der Waals surface area contributed by atoms with Crippen LogP contribution in [-0.2, 0) is 42.9 Å². The molecule has 1 fully saturated rings. The van der Waals surface area contributed by atoms with Gasteiger partial charge in [-0.2, -0.15) is 0 Å². The van der Waals surface area contributed by atoms with Gasteiger partial charge in [-0.3, -0.25) is 9.59 Å². The second-order valence-corrected chi connectivity index (χ2v) is 5.72. The molecule has 0 amide bonds. The van der Waals surface area contributed by atoms with E-state index in [9.17, 15) is 19.2 Å². The summed E-state index contributed by atoms with van der Waals surface area (Å²) in [6.07, 6.45) is -1.15. The largest absolute Gasteiger partial charge is 0.469 e. The number of rotatable bonds is 5. The van der Waals surface area contributed by atoms with Crippen molar-refractivity contribution in [3.8, 4) is 0 Å². The number of carbonyl (C=O) groups excluding carboxylic acids is 4. The fraction of sp³-hybridized carbons (Fsp3) is 0.444. The summed E-state index contributed by atoms with van der Waals surface area (Å²) in [7, 11) is 4.22. The van der Waals surface area contributed by atoms with Crippen LogP contribution >= 0.6 is 0 Å². The van der Waals surface area contributed by atoms with E-state index in [0.717, 1.165) is 28.4 Å². The number of hydrogen-bond acceptors (Lipinski definition) is 9. The number of hydrogen-bond donors (Lipinski definition) is 0. The highest BCUT2D eigenvalue weighted by Crippen LogP contribution is 2.50. The predicted octanol–water partition coefficient (Wildman–Crippen LogP) is 0.421. The summed E-state index contributed by atoms with van der Waals surface area (Å²) in [5.41, 5.74) is -2.06. The van der Waals surface area contributed by atoms with Gasteiger partial charge in [0.05, 0.1) is 34.5 Å². The van der Waals surface area contributed by atoms with Gasteiger partial charge in [0, 0.05) is 0 Å². The molecule has 9 nitrogen and oxygen atoms in total. The lowest BCUT2D eigenvalue weighted by Gasteiger charge is -2.27. The van der Waals surface area contributed by atoms with E-state index in [1.807, 2.05) is 0 Å². The van der Waals surface area contributed by atoms with E-state index in [2.05, 4.69) is 0 Å². The van der Waals surface area contributed by atoms with Crippen molar-refractivity contribution in [3.05, 3.63) is 35.9 Å². The fourth-order valence-corrected chi connectivity index (χ4v) is 3.26. The Bertz CT molecular complexity index is 712. The van der Waals surface area contributed by atoms with Crippen LogP contribution in [-0.4, -0.2) is 57.9 Å². The summed E-state index contributed by atoms with van der Waals surface area (Å²) < 4.78 is 24.7. The molecule has 1 aromatic rings. The van der Waals surface area contributed by atoms with Gasteiger partial charge < -0.3 is 23.7 Å². The van der Waals surface area contributed by atoms with Crippen molar-refractivity contribution in [3.63, 3.8) is 0 Å². The van der Waals surface area contributed by atoms with Crippen LogP contribution in [0.5, 0.6) is 0 Å². The first-order valence-corrected chi connectivity index (χ1v) is 7.94. The number of methoxy groups -OCH3 is 4. The molecule has 1 aromatic carbocycles. The van der Waals surface area contributed by atoms with Crippen LogP contribution in [0, 0.1) is 11.8 Å². The van der Waals surface area contributed by atoms with Crippen LogP contribution in [0.2, 0.25) is 0 Å². The monoisotopic (exact) mass is 380 g/mol. The second kappa shape index (κ2) is 8.17. The summed E-state index contributed by atoms with van der Waals surface area (Å²) in [5, 5.41) is 0. The molecule has 1 aliphatic rings. The summed E-state index contributed by atoms with van der Waals surface area (Å²) in [6.45, 7) is 0. The summed E-state index contributed by atoms with van der Waals surface area (Å²) >= 11 is 0. The lowest BCUT2D eigenvalue weighted by Crippen LogP contribution is -2.56. The third-order valence-corrected chi connectivity index (χ3v) is 4.47. The van der Waals surface area contributed by atoms with Crippen LogP contribution < -0.4 is 0 Å². The maximum atomic E-state index is 12.6. The van der Waals surface area contributed by atoms with Crippen molar-refractivity contribution in [2.45, 2.75) is 11.7 Å². The summed E-state index contributed by atoms with van der Waals surface area (Å²) in [5.74, 6) is -7.24. The maximum absolute atomic E-state index is 12.6. The minimum atomic E-state index is -2.52. The molecule has 27 heavy (non-hydrogen) atoms. The van der Waals surface area contributed by atoms with Crippen LogP contribution in [0.15, 0.2) is 30.3 Å². The highest BCUT2D eigenvalue weighted by Gasteiger charge is 2.71. The standard InChI is InChI=1S/C18H20O9/c1-23-14(19)11-12(15(20)24-2)18(16(21)25-3,17(22)26-4)27-13(11)10-8-6-5-7-9-10/h5-9,11-13H,1-4H3/t11-,12+,13-/m0/s1.